The molecule has 0 aliphatic heterocycles. The average Bonchev–Trinajstić information content (AvgIpc) is 3.24. The van der Waals surface area contributed by atoms with Gasteiger partial charge in [-0.15, -0.1) is 0 Å². The van der Waals surface area contributed by atoms with Gasteiger partial charge in [0.05, 0.1) is 12.0 Å². The summed E-state index contributed by atoms with van der Waals surface area (Å²) in [6.45, 7) is 0. The molecule has 0 fully saturated rings. The minimum atomic E-state index is -0.395. The van der Waals surface area contributed by atoms with Crippen molar-refractivity contribution in [2.75, 3.05) is 0 Å². The van der Waals surface area contributed by atoms with Crippen molar-refractivity contribution >= 4 is 23.8 Å². The first-order valence-corrected chi connectivity index (χ1v) is 8.19. The highest BCUT2D eigenvalue weighted by molar-refractivity contribution is 6.09. The molecular weight excluding hydrogens is 324 g/mol. The third-order valence-electron chi connectivity index (χ3n) is 3.52. The molecule has 2 aromatic carbocycles. The van der Waals surface area contributed by atoms with Crippen LogP contribution in [0.25, 0.3) is 12.2 Å². The van der Waals surface area contributed by atoms with Gasteiger partial charge in [0.2, 0.25) is 0 Å². The zero-order chi connectivity index (χ0) is 18.0. The Morgan fingerprint density at radius 1 is 0.808 bits per heavy atom. The molecule has 1 heterocycles. The van der Waals surface area contributed by atoms with Crippen LogP contribution < -0.4 is 5.43 Å². The lowest BCUT2D eigenvalue weighted by Gasteiger charge is -1.99. The lowest BCUT2D eigenvalue weighted by Crippen LogP contribution is -2.18. The number of benzene rings is 2. The zero-order valence-electron chi connectivity index (χ0n) is 14.1. The SMILES string of the molecule is O=C(NN=C(/C=C/c1ccccc1)/C=C/c1ccccc1)c1ccco1. The number of carbonyl (C=O) groups is 1. The summed E-state index contributed by atoms with van der Waals surface area (Å²) in [5.41, 5.74) is 5.21. The highest BCUT2D eigenvalue weighted by atomic mass is 16.3. The second kappa shape index (κ2) is 8.99. The van der Waals surface area contributed by atoms with Gasteiger partial charge in [-0.1, -0.05) is 72.8 Å². The molecule has 4 nitrogen and oxygen atoms in total. The van der Waals surface area contributed by atoms with Crippen molar-refractivity contribution in [3.8, 4) is 0 Å². The van der Waals surface area contributed by atoms with Crippen molar-refractivity contribution in [2.45, 2.75) is 0 Å². The van der Waals surface area contributed by atoms with E-state index in [0.29, 0.717) is 5.71 Å². The van der Waals surface area contributed by atoms with Crippen LogP contribution >= 0.6 is 0 Å². The fraction of sp³-hybridized carbons (Fsp3) is 0. The molecule has 4 heteroatoms. The number of hydrazone groups is 1. The van der Waals surface area contributed by atoms with E-state index in [1.165, 1.54) is 6.26 Å². The van der Waals surface area contributed by atoms with Crippen molar-refractivity contribution in [3.05, 3.63) is 108 Å². The molecule has 1 aromatic heterocycles. The first kappa shape index (κ1) is 17.2. The summed E-state index contributed by atoms with van der Waals surface area (Å²) < 4.78 is 5.07. The highest BCUT2D eigenvalue weighted by Gasteiger charge is 2.06. The third-order valence-corrected chi connectivity index (χ3v) is 3.52. The van der Waals surface area contributed by atoms with Crippen LogP contribution in [-0.2, 0) is 0 Å². The van der Waals surface area contributed by atoms with Crippen molar-refractivity contribution in [3.63, 3.8) is 0 Å². The van der Waals surface area contributed by atoms with E-state index in [1.54, 1.807) is 12.1 Å². The molecule has 0 saturated heterocycles. The lowest BCUT2D eigenvalue weighted by atomic mass is 10.1. The van der Waals surface area contributed by atoms with E-state index in [2.05, 4.69) is 10.5 Å². The number of nitrogens with zero attached hydrogens (tertiary/aromatic N) is 1. The Hall–Kier alpha value is -3.66. The first-order valence-electron chi connectivity index (χ1n) is 8.19. The first-order chi connectivity index (χ1) is 12.8. The molecule has 0 aliphatic carbocycles. The van der Waals surface area contributed by atoms with E-state index in [0.717, 1.165) is 11.1 Å². The number of amides is 1. The van der Waals surface area contributed by atoms with Crippen LogP contribution in [0.2, 0.25) is 0 Å². The van der Waals surface area contributed by atoms with Crippen molar-refractivity contribution < 1.29 is 9.21 Å². The molecule has 0 atom stereocenters. The molecule has 3 rings (SSSR count). The van der Waals surface area contributed by atoms with Gasteiger partial charge in [-0.05, 0) is 35.4 Å². The molecule has 3 aromatic rings. The van der Waals surface area contributed by atoms with Crippen molar-refractivity contribution in [1.29, 1.82) is 0 Å². The van der Waals surface area contributed by atoms with Crippen LogP contribution in [0.1, 0.15) is 21.7 Å². The molecular formula is C22H18N2O2. The average molecular weight is 342 g/mol. The Balaban J connectivity index is 1.78. The Labute approximate surface area is 152 Å². The molecule has 0 radical (unpaired) electrons. The Morgan fingerprint density at radius 3 is 1.88 bits per heavy atom. The fourth-order valence-corrected chi connectivity index (χ4v) is 2.20. The second-order valence-electron chi connectivity index (χ2n) is 5.44. The predicted octanol–water partition coefficient (Wildman–Crippen LogP) is 4.79. The summed E-state index contributed by atoms with van der Waals surface area (Å²) in [5.74, 6) is -0.180. The van der Waals surface area contributed by atoms with E-state index >= 15 is 0 Å². The van der Waals surface area contributed by atoms with Gasteiger partial charge >= 0.3 is 5.91 Å². The number of hydrogen-bond acceptors (Lipinski definition) is 3. The summed E-state index contributed by atoms with van der Waals surface area (Å²) in [5, 5.41) is 4.19. The molecule has 26 heavy (non-hydrogen) atoms. The van der Waals surface area contributed by atoms with E-state index in [9.17, 15) is 4.79 Å². The van der Waals surface area contributed by atoms with Gasteiger partial charge in [0.1, 0.15) is 0 Å². The highest BCUT2D eigenvalue weighted by Crippen LogP contribution is 2.05. The van der Waals surface area contributed by atoms with Gasteiger partial charge < -0.3 is 4.42 Å². The lowest BCUT2D eigenvalue weighted by molar-refractivity contribution is 0.0927. The van der Waals surface area contributed by atoms with Crippen molar-refractivity contribution in [2.24, 2.45) is 5.10 Å². The molecule has 0 aliphatic rings. The number of furan rings is 1. The van der Waals surface area contributed by atoms with E-state index < -0.39 is 5.91 Å². The van der Waals surface area contributed by atoms with Gasteiger partial charge in [0.15, 0.2) is 5.76 Å². The van der Waals surface area contributed by atoms with Crippen LogP contribution in [0.5, 0.6) is 0 Å². The van der Waals surface area contributed by atoms with Crippen molar-refractivity contribution in [1.82, 2.24) is 5.43 Å². The normalized spacial score (nSPS) is 10.9. The Morgan fingerprint density at radius 2 is 1.38 bits per heavy atom. The van der Waals surface area contributed by atoms with Crippen LogP contribution in [0, 0.1) is 0 Å². The maximum absolute atomic E-state index is 12.0. The Kier molecular flexibility index (Phi) is 5.94. The Bertz CT molecular complexity index is 858. The number of allylic oxidation sites excluding steroid dienone is 2. The van der Waals surface area contributed by atoms with Crippen LogP contribution in [0.15, 0.2) is 101 Å². The smallest absolute Gasteiger partial charge is 0.307 e. The fourth-order valence-electron chi connectivity index (χ4n) is 2.20. The van der Waals surface area contributed by atoms with Gasteiger partial charge in [-0.3, -0.25) is 4.79 Å². The minimum Gasteiger partial charge on any atom is -0.459 e. The van der Waals surface area contributed by atoms with E-state index in [4.69, 9.17) is 4.42 Å². The van der Waals surface area contributed by atoms with Crippen LogP contribution in [0.4, 0.5) is 0 Å². The van der Waals surface area contributed by atoms with E-state index in [-0.39, 0.29) is 5.76 Å². The van der Waals surface area contributed by atoms with Gasteiger partial charge in [-0.25, -0.2) is 5.43 Å². The van der Waals surface area contributed by atoms with E-state index in [1.807, 2.05) is 85.0 Å². The molecule has 0 unspecified atom stereocenters. The molecule has 1 amide bonds. The summed E-state index contributed by atoms with van der Waals surface area (Å²) in [6.07, 6.45) is 9.01. The summed E-state index contributed by atoms with van der Waals surface area (Å²) in [4.78, 5) is 12.0. The molecule has 1 N–H and O–H groups in total. The summed E-state index contributed by atoms with van der Waals surface area (Å²) in [7, 11) is 0. The number of nitrogens with one attached hydrogen (secondary N) is 1. The quantitative estimate of drug-likeness (QED) is 0.517. The molecule has 0 spiro atoms. The molecule has 0 bridgehead atoms. The monoisotopic (exact) mass is 342 g/mol. The molecule has 128 valence electrons. The predicted molar refractivity (Wildman–Crippen MR) is 105 cm³/mol. The molecule has 0 saturated carbocycles. The van der Waals surface area contributed by atoms with Gasteiger partial charge in [0, 0.05) is 0 Å². The number of rotatable bonds is 6. The topological polar surface area (TPSA) is 54.6 Å². The second-order valence-corrected chi connectivity index (χ2v) is 5.44. The van der Waals surface area contributed by atoms with Crippen LogP contribution in [0.3, 0.4) is 0 Å². The maximum Gasteiger partial charge on any atom is 0.307 e. The van der Waals surface area contributed by atoms with Gasteiger partial charge in [-0.2, -0.15) is 5.10 Å². The standard InChI is InChI=1S/C22H18N2O2/c25-22(21-12-7-17-26-21)24-23-20(15-13-18-8-3-1-4-9-18)16-14-19-10-5-2-6-11-19/h1-17H,(H,24,25)/b15-13+,16-14+. The summed E-state index contributed by atoms with van der Waals surface area (Å²) >= 11 is 0. The zero-order valence-corrected chi connectivity index (χ0v) is 14.1. The minimum absolute atomic E-state index is 0.215. The largest absolute Gasteiger partial charge is 0.459 e. The van der Waals surface area contributed by atoms with Gasteiger partial charge in [0.25, 0.3) is 0 Å². The number of hydrogen-bond donors (Lipinski definition) is 1. The number of carbonyl (C=O) groups excluding carboxylic acids is 1. The summed E-state index contributed by atoms with van der Waals surface area (Å²) in [6, 6.07) is 23.0. The third kappa shape index (κ3) is 5.18. The van der Waals surface area contributed by atoms with Crippen LogP contribution in [-0.4, -0.2) is 11.6 Å². The maximum atomic E-state index is 12.0.